The summed E-state index contributed by atoms with van der Waals surface area (Å²) in [4.78, 5) is 3.93. The molecule has 1 aliphatic heterocycles. The number of thiocarbonyl (C=S) groups is 1. The van der Waals surface area contributed by atoms with Crippen LogP contribution < -0.4 is 10.7 Å². The zero-order valence-corrected chi connectivity index (χ0v) is 10.8. The SMILES string of the molecule is S=C(NCC1CCCO1)NN=Cc1ccncc1. The highest BCUT2D eigenvalue weighted by molar-refractivity contribution is 7.80. The lowest BCUT2D eigenvalue weighted by Gasteiger charge is -2.11. The number of hydrogen-bond acceptors (Lipinski definition) is 4. The van der Waals surface area contributed by atoms with Crippen LogP contribution in [0.25, 0.3) is 0 Å². The van der Waals surface area contributed by atoms with Gasteiger partial charge < -0.3 is 10.1 Å². The second-order valence-electron chi connectivity index (χ2n) is 4.00. The molecule has 1 aromatic heterocycles. The Morgan fingerprint density at radius 1 is 1.56 bits per heavy atom. The zero-order chi connectivity index (χ0) is 12.6. The van der Waals surface area contributed by atoms with E-state index in [9.17, 15) is 0 Å². The number of ether oxygens (including phenoxy) is 1. The first-order chi connectivity index (χ1) is 8.84. The minimum absolute atomic E-state index is 0.272. The topological polar surface area (TPSA) is 58.5 Å². The van der Waals surface area contributed by atoms with Crippen LogP contribution in [0.1, 0.15) is 18.4 Å². The number of hydrazone groups is 1. The van der Waals surface area contributed by atoms with Crippen LogP contribution in [0.4, 0.5) is 0 Å². The Bertz CT molecular complexity index is 404. The molecule has 2 N–H and O–H groups in total. The van der Waals surface area contributed by atoms with E-state index < -0.39 is 0 Å². The van der Waals surface area contributed by atoms with Crippen molar-refractivity contribution in [1.82, 2.24) is 15.7 Å². The standard InChI is InChI=1S/C12H16N4OS/c18-12(14-9-11-2-1-7-17-11)16-15-8-10-3-5-13-6-4-10/h3-6,8,11H,1-2,7,9H2,(H2,14,16,18). The van der Waals surface area contributed by atoms with Crippen molar-refractivity contribution in [2.75, 3.05) is 13.2 Å². The van der Waals surface area contributed by atoms with Crippen molar-refractivity contribution >= 4 is 23.5 Å². The van der Waals surface area contributed by atoms with Gasteiger partial charge in [-0.15, -0.1) is 0 Å². The van der Waals surface area contributed by atoms with E-state index in [0.717, 1.165) is 31.6 Å². The molecule has 0 aliphatic carbocycles. The molecule has 1 fully saturated rings. The molecular formula is C12H16N4OS. The molecule has 0 radical (unpaired) electrons. The first kappa shape index (κ1) is 12.9. The lowest BCUT2D eigenvalue weighted by molar-refractivity contribution is 0.114. The summed E-state index contributed by atoms with van der Waals surface area (Å²) < 4.78 is 5.48. The molecule has 18 heavy (non-hydrogen) atoms. The third kappa shape index (κ3) is 4.38. The Kier molecular flexibility index (Phi) is 5.04. The molecule has 1 aromatic rings. The molecule has 1 saturated heterocycles. The van der Waals surface area contributed by atoms with E-state index in [-0.39, 0.29) is 6.10 Å². The molecule has 0 saturated carbocycles. The van der Waals surface area contributed by atoms with Gasteiger partial charge in [0.15, 0.2) is 5.11 Å². The van der Waals surface area contributed by atoms with Gasteiger partial charge in [-0.05, 0) is 42.8 Å². The predicted octanol–water partition coefficient (Wildman–Crippen LogP) is 1.06. The van der Waals surface area contributed by atoms with Crippen LogP contribution in [0.3, 0.4) is 0 Å². The van der Waals surface area contributed by atoms with E-state index in [2.05, 4.69) is 20.8 Å². The van der Waals surface area contributed by atoms with Crippen LogP contribution in [-0.4, -0.2) is 35.6 Å². The van der Waals surface area contributed by atoms with Crippen LogP contribution in [-0.2, 0) is 4.74 Å². The fourth-order valence-corrected chi connectivity index (χ4v) is 1.80. The van der Waals surface area contributed by atoms with Crippen molar-refractivity contribution < 1.29 is 4.74 Å². The molecule has 1 atom stereocenters. The monoisotopic (exact) mass is 264 g/mol. The molecule has 5 nitrogen and oxygen atoms in total. The first-order valence-corrected chi connectivity index (χ1v) is 6.34. The maximum absolute atomic E-state index is 5.48. The maximum Gasteiger partial charge on any atom is 0.187 e. The number of nitrogens with zero attached hydrogens (tertiary/aromatic N) is 2. The van der Waals surface area contributed by atoms with Gasteiger partial charge in [0.05, 0.1) is 12.3 Å². The van der Waals surface area contributed by atoms with Crippen LogP contribution in [0, 0.1) is 0 Å². The summed E-state index contributed by atoms with van der Waals surface area (Å²) in [6.07, 6.45) is 7.63. The van der Waals surface area contributed by atoms with Crippen molar-refractivity contribution in [2.45, 2.75) is 18.9 Å². The van der Waals surface area contributed by atoms with E-state index >= 15 is 0 Å². The summed E-state index contributed by atoms with van der Waals surface area (Å²) in [6, 6.07) is 3.74. The first-order valence-electron chi connectivity index (χ1n) is 5.93. The van der Waals surface area contributed by atoms with E-state index in [1.54, 1.807) is 18.6 Å². The Labute approximate surface area is 112 Å². The summed E-state index contributed by atoms with van der Waals surface area (Å²) in [5.74, 6) is 0. The second-order valence-corrected chi connectivity index (χ2v) is 4.40. The van der Waals surface area contributed by atoms with E-state index in [1.807, 2.05) is 12.1 Å². The molecule has 2 rings (SSSR count). The Balaban J connectivity index is 1.66. The van der Waals surface area contributed by atoms with Gasteiger partial charge in [0.2, 0.25) is 0 Å². The molecule has 2 heterocycles. The molecular weight excluding hydrogens is 248 g/mol. The highest BCUT2D eigenvalue weighted by Crippen LogP contribution is 2.10. The van der Waals surface area contributed by atoms with Gasteiger partial charge in [-0.25, -0.2) is 0 Å². The van der Waals surface area contributed by atoms with Gasteiger partial charge in [0.25, 0.3) is 0 Å². The summed E-state index contributed by atoms with van der Waals surface area (Å²) in [5, 5.41) is 7.63. The Morgan fingerprint density at radius 3 is 3.11 bits per heavy atom. The molecule has 6 heteroatoms. The molecule has 1 aliphatic rings. The molecule has 0 bridgehead atoms. The van der Waals surface area contributed by atoms with Gasteiger partial charge >= 0.3 is 0 Å². The number of pyridine rings is 1. The Hall–Kier alpha value is -1.53. The second kappa shape index (κ2) is 7.03. The molecule has 0 amide bonds. The van der Waals surface area contributed by atoms with Gasteiger partial charge in [0.1, 0.15) is 0 Å². The average Bonchev–Trinajstić information content (AvgIpc) is 2.91. The fourth-order valence-electron chi connectivity index (χ4n) is 1.67. The Morgan fingerprint density at radius 2 is 2.39 bits per heavy atom. The largest absolute Gasteiger partial charge is 0.376 e. The highest BCUT2D eigenvalue weighted by Gasteiger charge is 2.14. The van der Waals surface area contributed by atoms with Gasteiger partial charge in [-0.1, -0.05) is 0 Å². The molecule has 0 spiro atoms. The van der Waals surface area contributed by atoms with Gasteiger partial charge in [-0.2, -0.15) is 5.10 Å². The average molecular weight is 264 g/mol. The smallest absolute Gasteiger partial charge is 0.187 e. The van der Waals surface area contributed by atoms with Crippen molar-refractivity contribution in [3.8, 4) is 0 Å². The van der Waals surface area contributed by atoms with Crippen LogP contribution in [0.5, 0.6) is 0 Å². The number of hydrogen-bond donors (Lipinski definition) is 2. The molecule has 96 valence electrons. The van der Waals surface area contributed by atoms with Crippen LogP contribution >= 0.6 is 12.2 Å². The third-order valence-corrected chi connectivity index (χ3v) is 2.84. The summed E-state index contributed by atoms with van der Waals surface area (Å²) in [6.45, 7) is 1.59. The van der Waals surface area contributed by atoms with E-state index in [4.69, 9.17) is 17.0 Å². The summed E-state index contributed by atoms with van der Waals surface area (Å²) >= 11 is 5.10. The summed E-state index contributed by atoms with van der Waals surface area (Å²) in [7, 11) is 0. The van der Waals surface area contributed by atoms with Gasteiger partial charge in [0, 0.05) is 25.5 Å². The van der Waals surface area contributed by atoms with Crippen molar-refractivity contribution in [3.05, 3.63) is 30.1 Å². The zero-order valence-electron chi connectivity index (χ0n) is 10.0. The molecule has 1 unspecified atom stereocenters. The fraction of sp³-hybridized carbons (Fsp3) is 0.417. The lowest BCUT2D eigenvalue weighted by Crippen LogP contribution is -2.37. The van der Waals surface area contributed by atoms with Crippen molar-refractivity contribution in [3.63, 3.8) is 0 Å². The predicted molar refractivity (Wildman–Crippen MR) is 74.5 cm³/mol. The van der Waals surface area contributed by atoms with Gasteiger partial charge in [-0.3, -0.25) is 10.4 Å². The van der Waals surface area contributed by atoms with Crippen LogP contribution in [0.15, 0.2) is 29.6 Å². The quantitative estimate of drug-likeness (QED) is 0.484. The molecule has 0 aromatic carbocycles. The highest BCUT2D eigenvalue weighted by atomic mass is 32.1. The van der Waals surface area contributed by atoms with Crippen molar-refractivity contribution in [1.29, 1.82) is 0 Å². The number of nitrogens with one attached hydrogen (secondary N) is 2. The van der Waals surface area contributed by atoms with E-state index in [1.165, 1.54) is 0 Å². The normalized spacial score (nSPS) is 19.0. The maximum atomic E-state index is 5.48. The lowest BCUT2D eigenvalue weighted by atomic mass is 10.2. The van der Waals surface area contributed by atoms with Crippen molar-refractivity contribution in [2.24, 2.45) is 5.10 Å². The number of aromatic nitrogens is 1. The van der Waals surface area contributed by atoms with E-state index in [0.29, 0.717) is 5.11 Å². The third-order valence-electron chi connectivity index (χ3n) is 2.60. The summed E-state index contributed by atoms with van der Waals surface area (Å²) in [5.41, 5.74) is 3.74. The number of rotatable bonds is 4. The van der Waals surface area contributed by atoms with Crippen LogP contribution in [0.2, 0.25) is 0 Å². The minimum atomic E-state index is 0.272. The minimum Gasteiger partial charge on any atom is -0.376 e.